The maximum atomic E-state index is 14.5. The predicted octanol–water partition coefficient (Wildman–Crippen LogP) is 4.04. The van der Waals surface area contributed by atoms with Crippen LogP contribution in [0.25, 0.3) is 17.0 Å². The monoisotopic (exact) mass is 438 g/mol. The fourth-order valence-electron chi connectivity index (χ4n) is 2.90. The van der Waals surface area contributed by atoms with Gasteiger partial charge in [-0.25, -0.2) is 19.2 Å². The number of fused-ring (bicyclic) bond motifs is 1. The van der Waals surface area contributed by atoms with Crippen molar-refractivity contribution in [2.45, 2.75) is 26.9 Å². The molecule has 164 valence electrons. The largest absolute Gasteiger partial charge is 0.447 e. The Morgan fingerprint density at radius 1 is 1.16 bits per heavy atom. The molecule has 0 radical (unpaired) electrons. The Labute approximate surface area is 181 Å². The molecule has 1 aromatic carbocycles. The molecule has 4 aromatic rings. The minimum atomic E-state index is -0.613. The molecule has 3 heterocycles. The Kier molecular flexibility index (Phi) is 5.54. The van der Waals surface area contributed by atoms with Gasteiger partial charge in [-0.15, -0.1) is 0 Å². The molecule has 32 heavy (non-hydrogen) atoms. The summed E-state index contributed by atoms with van der Waals surface area (Å²) in [7, 11) is 0. The summed E-state index contributed by atoms with van der Waals surface area (Å²) in [4.78, 5) is 32.6. The molecule has 0 atom stereocenters. The van der Waals surface area contributed by atoms with E-state index in [1.54, 1.807) is 37.6 Å². The lowest BCUT2D eigenvalue weighted by atomic mass is 10.1. The van der Waals surface area contributed by atoms with E-state index >= 15 is 0 Å². The Morgan fingerprint density at radius 2 is 1.97 bits per heavy atom. The third-order valence-electron chi connectivity index (χ3n) is 4.25. The van der Waals surface area contributed by atoms with E-state index in [4.69, 9.17) is 9.26 Å². The molecule has 2 amide bonds. The van der Waals surface area contributed by atoms with Gasteiger partial charge in [-0.3, -0.25) is 14.5 Å². The SMILES string of the molecule is Cc1cc(C(=O)Nc2ccc(F)c(-c3cn4cc(NC(=O)OC(C)C)cnc4n3)c2)on1. The summed E-state index contributed by atoms with van der Waals surface area (Å²) in [6, 6.07) is 5.60. The highest BCUT2D eigenvalue weighted by molar-refractivity contribution is 6.02. The highest BCUT2D eigenvalue weighted by atomic mass is 19.1. The molecule has 0 spiro atoms. The lowest BCUT2D eigenvalue weighted by Gasteiger charge is -2.09. The van der Waals surface area contributed by atoms with Crippen LogP contribution in [0, 0.1) is 12.7 Å². The van der Waals surface area contributed by atoms with E-state index < -0.39 is 17.8 Å². The quantitative estimate of drug-likeness (QED) is 0.482. The normalized spacial score (nSPS) is 11.0. The van der Waals surface area contributed by atoms with Crippen molar-refractivity contribution >= 4 is 29.2 Å². The number of hydrogen-bond acceptors (Lipinski definition) is 7. The van der Waals surface area contributed by atoms with Gasteiger partial charge in [0.2, 0.25) is 11.5 Å². The van der Waals surface area contributed by atoms with Gasteiger partial charge >= 0.3 is 6.09 Å². The highest BCUT2D eigenvalue weighted by Gasteiger charge is 2.16. The maximum absolute atomic E-state index is 14.5. The third-order valence-corrected chi connectivity index (χ3v) is 4.25. The molecular weight excluding hydrogens is 419 g/mol. The number of imidazole rings is 1. The van der Waals surface area contributed by atoms with Crippen LogP contribution < -0.4 is 10.6 Å². The van der Waals surface area contributed by atoms with Crippen molar-refractivity contribution in [2.75, 3.05) is 10.6 Å². The summed E-state index contributed by atoms with van der Waals surface area (Å²) < 4.78 is 26.1. The van der Waals surface area contributed by atoms with E-state index in [1.807, 2.05) is 0 Å². The second-order valence-corrected chi connectivity index (χ2v) is 7.24. The van der Waals surface area contributed by atoms with E-state index in [-0.39, 0.29) is 17.4 Å². The van der Waals surface area contributed by atoms with Crippen LogP contribution in [0.2, 0.25) is 0 Å². The second kappa shape index (κ2) is 8.46. The number of carbonyl (C=O) groups excluding carboxylic acids is 2. The summed E-state index contributed by atoms with van der Waals surface area (Å²) in [6.07, 6.45) is 3.68. The molecule has 10 nitrogen and oxygen atoms in total. The lowest BCUT2D eigenvalue weighted by molar-refractivity contribution is 0.0987. The highest BCUT2D eigenvalue weighted by Crippen LogP contribution is 2.26. The van der Waals surface area contributed by atoms with Crippen LogP contribution in [-0.2, 0) is 4.74 Å². The number of halogens is 1. The zero-order chi connectivity index (χ0) is 22.8. The number of amides is 2. The van der Waals surface area contributed by atoms with E-state index in [1.165, 1.54) is 30.5 Å². The fraction of sp³-hybridized carbons (Fsp3) is 0.190. The van der Waals surface area contributed by atoms with Crippen molar-refractivity contribution in [3.05, 3.63) is 60.1 Å². The molecule has 0 aliphatic rings. The lowest BCUT2D eigenvalue weighted by Crippen LogP contribution is -2.18. The van der Waals surface area contributed by atoms with Gasteiger partial charge < -0.3 is 14.6 Å². The van der Waals surface area contributed by atoms with Gasteiger partial charge in [0.1, 0.15) is 5.82 Å². The zero-order valence-electron chi connectivity index (χ0n) is 17.4. The number of carbonyl (C=O) groups is 2. The van der Waals surface area contributed by atoms with Crippen molar-refractivity contribution in [3.63, 3.8) is 0 Å². The average Bonchev–Trinajstić information content (AvgIpc) is 3.34. The van der Waals surface area contributed by atoms with Crippen LogP contribution in [0.5, 0.6) is 0 Å². The number of ether oxygens (including phenoxy) is 1. The van der Waals surface area contributed by atoms with Crippen LogP contribution in [0.1, 0.15) is 30.1 Å². The Balaban J connectivity index is 1.58. The molecule has 0 aliphatic carbocycles. The van der Waals surface area contributed by atoms with Crippen molar-refractivity contribution in [1.82, 2.24) is 19.5 Å². The molecule has 0 unspecified atom stereocenters. The van der Waals surface area contributed by atoms with Gasteiger partial charge in [0, 0.05) is 29.7 Å². The summed E-state index contributed by atoms with van der Waals surface area (Å²) in [5.41, 5.74) is 1.76. The Bertz CT molecular complexity index is 1310. The molecule has 0 aliphatic heterocycles. The van der Waals surface area contributed by atoms with Crippen molar-refractivity contribution in [3.8, 4) is 11.3 Å². The van der Waals surface area contributed by atoms with E-state index in [0.29, 0.717) is 28.5 Å². The first-order valence-corrected chi connectivity index (χ1v) is 9.65. The average molecular weight is 438 g/mol. The van der Waals surface area contributed by atoms with Gasteiger partial charge in [0.05, 0.1) is 29.4 Å². The van der Waals surface area contributed by atoms with E-state index in [2.05, 4.69) is 25.8 Å². The second-order valence-electron chi connectivity index (χ2n) is 7.24. The smallest absolute Gasteiger partial charge is 0.411 e. The minimum Gasteiger partial charge on any atom is -0.447 e. The number of hydrogen-bond donors (Lipinski definition) is 2. The first-order valence-electron chi connectivity index (χ1n) is 9.65. The first-order chi connectivity index (χ1) is 15.3. The third kappa shape index (κ3) is 4.56. The minimum absolute atomic E-state index is 0.0429. The Hall–Kier alpha value is -4.28. The number of aryl methyl sites for hydroxylation is 1. The fourth-order valence-corrected chi connectivity index (χ4v) is 2.90. The number of rotatable bonds is 5. The molecule has 0 bridgehead atoms. The molecular formula is C21H19FN6O4. The molecule has 11 heteroatoms. The molecule has 4 rings (SSSR count). The van der Waals surface area contributed by atoms with Crippen molar-refractivity contribution in [1.29, 1.82) is 0 Å². The first kappa shape index (κ1) is 21.0. The summed E-state index contributed by atoms with van der Waals surface area (Å²) in [5, 5.41) is 8.88. The van der Waals surface area contributed by atoms with Gasteiger partial charge in [-0.1, -0.05) is 5.16 Å². The number of nitrogens with one attached hydrogen (secondary N) is 2. The van der Waals surface area contributed by atoms with Gasteiger partial charge in [0.25, 0.3) is 5.91 Å². The number of nitrogens with zero attached hydrogens (tertiary/aromatic N) is 4. The summed E-state index contributed by atoms with van der Waals surface area (Å²) in [5.74, 6) is -0.695. The predicted molar refractivity (Wildman–Crippen MR) is 113 cm³/mol. The van der Waals surface area contributed by atoms with Crippen LogP contribution >= 0.6 is 0 Å². The Morgan fingerprint density at radius 3 is 2.69 bits per heavy atom. The summed E-state index contributed by atoms with van der Waals surface area (Å²) in [6.45, 7) is 5.17. The summed E-state index contributed by atoms with van der Waals surface area (Å²) >= 11 is 0. The molecule has 3 aromatic heterocycles. The van der Waals surface area contributed by atoms with Crippen LogP contribution in [0.4, 0.5) is 20.6 Å². The number of benzene rings is 1. The number of aromatic nitrogens is 4. The molecule has 0 saturated carbocycles. The molecule has 2 N–H and O–H groups in total. The van der Waals surface area contributed by atoms with Crippen LogP contribution in [-0.4, -0.2) is 37.6 Å². The zero-order valence-corrected chi connectivity index (χ0v) is 17.4. The van der Waals surface area contributed by atoms with Gasteiger partial charge in [-0.2, -0.15) is 0 Å². The van der Waals surface area contributed by atoms with Gasteiger partial charge in [0.15, 0.2) is 0 Å². The standard InChI is InChI=1S/C21H19FN6O4/c1-11(2)31-21(30)25-14-8-23-20-26-17(10-28(20)9-14)15-7-13(4-5-16(15)22)24-19(29)18-6-12(3)27-32-18/h4-11H,1-3H3,(H,24,29)(H,25,30). The molecule has 0 fully saturated rings. The topological polar surface area (TPSA) is 124 Å². The van der Waals surface area contributed by atoms with E-state index in [9.17, 15) is 14.0 Å². The van der Waals surface area contributed by atoms with Gasteiger partial charge in [-0.05, 0) is 39.0 Å². The van der Waals surface area contributed by atoms with Crippen LogP contribution in [0.3, 0.4) is 0 Å². The van der Waals surface area contributed by atoms with Crippen molar-refractivity contribution < 1.29 is 23.2 Å². The van der Waals surface area contributed by atoms with Crippen LogP contribution in [0.15, 0.2) is 47.4 Å². The maximum Gasteiger partial charge on any atom is 0.411 e. The van der Waals surface area contributed by atoms with E-state index in [0.717, 1.165) is 0 Å². The number of anilines is 2. The van der Waals surface area contributed by atoms with Crippen molar-refractivity contribution in [2.24, 2.45) is 0 Å². The molecule has 0 saturated heterocycles.